The number of hydrogen-bond donors (Lipinski definition) is 3. The number of halogens is 1. The molecule has 1 amide bonds. The summed E-state index contributed by atoms with van der Waals surface area (Å²) >= 11 is 0. The standard InChI is InChI=1S/C21H24FN3O2/c1-13-5-6-18(22)17-12-19(24-20(13)17)21(27)23-14-3-2-4-15(11-14)25-9-7-16(26)8-10-25/h2-6,11,16,19,24,26H,7-10,12H2,1H3,(H,23,27). The van der Waals surface area contributed by atoms with E-state index in [0.29, 0.717) is 12.0 Å². The molecule has 3 N–H and O–H groups in total. The number of nitrogens with zero attached hydrogens (tertiary/aromatic N) is 1. The van der Waals surface area contributed by atoms with Crippen LogP contribution in [0.1, 0.15) is 24.0 Å². The molecule has 1 unspecified atom stereocenters. The Labute approximate surface area is 158 Å². The predicted molar refractivity (Wildman–Crippen MR) is 105 cm³/mol. The molecule has 0 bridgehead atoms. The molecule has 0 spiro atoms. The minimum atomic E-state index is -0.482. The molecule has 1 atom stereocenters. The summed E-state index contributed by atoms with van der Waals surface area (Å²) in [6.07, 6.45) is 1.64. The number of aryl methyl sites for hydroxylation is 1. The zero-order valence-electron chi connectivity index (χ0n) is 15.3. The summed E-state index contributed by atoms with van der Waals surface area (Å²) < 4.78 is 14.0. The topological polar surface area (TPSA) is 64.6 Å². The molecular formula is C21H24FN3O2. The lowest BCUT2D eigenvalue weighted by Crippen LogP contribution is -2.36. The van der Waals surface area contributed by atoms with E-state index in [2.05, 4.69) is 15.5 Å². The number of nitrogens with one attached hydrogen (secondary N) is 2. The van der Waals surface area contributed by atoms with Crippen molar-refractivity contribution in [2.45, 2.75) is 38.3 Å². The van der Waals surface area contributed by atoms with E-state index in [-0.39, 0.29) is 17.8 Å². The summed E-state index contributed by atoms with van der Waals surface area (Å²) in [5.41, 5.74) is 4.00. The van der Waals surface area contributed by atoms with Gasteiger partial charge in [0.05, 0.1) is 6.10 Å². The predicted octanol–water partition coefficient (Wildman–Crippen LogP) is 3.07. The SMILES string of the molecule is Cc1ccc(F)c2c1NC(C(=O)Nc1cccc(N3CCC(O)CC3)c1)C2. The minimum Gasteiger partial charge on any atom is -0.393 e. The van der Waals surface area contributed by atoms with Crippen molar-refractivity contribution in [3.8, 4) is 0 Å². The first kappa shape index (κ1) is 17.8. The third-order valence-electron chi connectivity index (χ3n) is 5.45. The van der Waals surface area contributed by atoms with Gasteiger partial charge in [0.2, 0.25) is 5.91 Å². The number of hydrogen-bond acceptors (Lipinski definition) is 4. The molecule has 0 radical (unpaired) electrons. The smallest absolute Gasteiger partial charge is 0.247 e. The highest BCUT2D eigenvalue weighted by molar-refractivity contribution is 5.98. The molecule has 2 aliphatic heterocycles. The van der Waals surface area contributed by atoms with Crippen molar-refractivity contribution in [1.29, 1.82) is 0 Å². The van der Waals surface area contributed by atoms with Crippen molar-refractivity contribution in [2.75, 3.05) is 28.6 Å². The maximum atomic E-state index is 14.0. The van der Waals surface area contributed by atoms with Gasteiger partial charge in [-0.25, -0.2) is 4.39 Å². The van der Waals surface area contributed by atoms with Crippen molar-refractivity contribution in [1.82, 2.24) is 0 Å². The first-order valence-corrected chi connectivity index (χ1v) is 9.40. The lowest BCUT2D eigenvalue weighted by Gasteiger charge is -2.31. The van der Waals surface area contributed by atoms with Crippen molar-refractivity contribution in [2.24, 2.45) is 0 Å². The Kier molecular flexibility index (Phi) is 4.74. The minimum absolute atomic E-state index is 0.170. The van der Waals surface area contributed by atoms with E-state index < -0.39 is 6.04 Å². The number of fused-ring (bicyclic) bond motifs is 1. The van der Waals surface area contributed by atoms with Crippen LogP contribution >= 0.6 is 0 Å². The molecule has 0 aromatic heterocycles. The van der Waals surface area contributed by atoms with Gasteiger partial charge in [0, 0.05) is 42.1 Å². The monoisotopic (exact) mass is 369 g/mol. The van der Waals surface area contributed by atoms with Crippen LogP contribution in [0.25, 0.3) is 0 Å². The number of anilines is 3. The van der Waals surface area contributed by atoms with Crippen molar-refractivity contribution in [3.05, 3.63) is 53.3 Å². The van der Waals surface area contributed by atoms with E-state index in [1.165, 1.54) is 6.07 Å². The van der Waals surface area contributed by atoms with Gasteiger partial charge >= 0.3 is 0 Å². The zero-order valence-corrected chi connectivity index (χ0v) is 15.3. The Morgan fingerprint density at radius 3 is 2.78 bits per heavy atom. The fourth-order valence-electron chi connectivity index (χ4n) is 3.86. The van der Waals surface area contributed by atoms with Gasteiger partial charge in [0.1, 0.15) is 11.9 Å². The fourth-order valence-corrected chi connectivity index (χ4v) is 3.86. The van der Waals surface area contributed by atoms with Gasteiger partial charge in [-0.2, -0.15) is 0 Å². The van der Waals surface area contributed by atoms with E-state index in [0.717, 1.165) is 48.6 Å². The van der Waals surface area contributed by atoms with Crippen LogP contribution in [0.4, 0.5) is 21.5 Å². The average molecular weight is 369 g/mol. The molecule has 0 aliphatic carbocycles. The second-order valence-corrected chi connectivity index (χ2v) is 7.38. The maximum absolute atomic E-state index is 14.0. The average Bonchev–Trinajstić information content (AvgIpc) is 3.13. The summed E-state index contributed by atoms with van der Waals surface area (Å²) in [6, 6.07) is 10.4. The first-order chi connectivity index (χ1) is 13.0. The largest absolute Gasteiger partial charge is 0.393 e. The third kappa shape index (κ3) is 3.62. The number of amides is 1. The highest BCUT2D eigenvalue weighted by Crippen LogP contribution is 2.32. The molecule has 5 nitrogen and oxygen atoms in total. The highest BCUT2D eigenvalue weighted by atomic mass is 19.1. The number of benzene rings is 2. The zero-order chi connectivity index (χ0) is 19.0. The number of piperidine rings is 1. The summed E-state index contributed by atoms with van der Waals surface area (Å²) in [5.74, 6) is -0.441. The maximum Gasteiger partial charge on any atom is 0.247 e. The van der Waals surface area contributed by atoms with E-state index in [4.69, 9.17) is 0 Å². The Bertz CT molecular complexity index is 832. The van der Waals surface area contributed by atoms with Gasteiger partial charge in [-0.05, 0) is 49.6 Å². The van der Waals surface area contributed by atoms with E-state index in [9.17, 15) is 14.3 Å². The molecule has 2 aromatic carbocycles. The first-order valence-electron chi connectivity index (χ1n) is 9.40. The van der Waals surface area contributed by atoms with Crippen LogP contribution in [0.3, 0.4) is 0 Å². The molecule has 0 saturated carbocycles. The fraction of sp³-hybridized carbons (Fsp3) is 0.381. The summed E-state index contributed by atoms with van der Waals surface area (Å²) in [7, 11) is 0. The van der Waals surface area contributed by atoms with Crippen LogP contribution in [-0.4, -0.2) is 36.2 Å². The van der Waals surface area contributed by atoms with Crippen LogP contribution in [0.5, 0.6) is 0 Å². The van der Waals surface area contributed by atoms with Gasteiger partial charge in [-0.1, -0.05) is 12.1 Å². The van der Waals surface area contributed by atoms with Gasteiger partial charge in [0.15, 0.2) is 0 Å². The molecule has 27 heavy (non-hydrogen) atoms. The molecule has 6 heteroatoms. The van der Waals surface area contributed by atoms with E-state index in [1.807, 2.05) is 31.2 Å². The lowest BCUT2D eigenvalue weighted by atomic mass is 10.1. The quantitative estimate of drug-likeness (QED) is 0.778. The van der Waals surface area contributed by atoms with Crippen molar-refractivity contribution in [3.63, 3.8) is 0 Å². The molecular weight excluding hydrogens is 345 g/mol. The second kappa shape index (κ2) is 7.19. The molecule has 2 aliphatic rings. The second-order valence-electron chi connectivity index (χ2n) is 7.38. The number of aliphatic hydroxyl groups is 1. The lowest BCUT2D eigenvalue weighted by molar-refractivity contribution is -0.116. The van der Waals surface area contributed by atoms with Gasteiger partial charge in [-0.15, -0.1) is 0 Å². The number of carbonyl (C=O) groups is 1. The number of rotatable bonds is 3. The Morgan fingerprint density at radius 2 is 2.04 bits per heavy atom. The van der Waals surface area contributed by atoms with Crippen molar-refractivity contribution < 1.29 is 14.3 Å². The molecule has 2 aromatic rings. The molecule has 142 valence electrons. The summed E-state index contributed by atoms with van der Waals surface area (Å²) in [4.78, 5) is 14.9. The Morgan fingerprint density at radius 1 is 1.26 bits per heavy atom. The molecule has 4 rings (SSSR count). The molecule has 1 fully saturated rings. The summed E-state index contributed by atoms with van der Waals surface area (Å²) in [5, 5.41) is 15.8. The van der Waals surface area contributed by atoms with Crippen molar-refractivity contribution >= 4 is 23.0 Å². The highest BCUT2D eigenvalue weighted by Gasteiger charge is 2.30. The van der Waals surface area contributed by atoms with E-state index in [1.54, 1.807) is 6.07 Å². The Balaban J connectivity index is 1.44. The molecule has 1 saturated heterocycles. The van der Waals surface area contributed by atoms with Crippen LogP contribution < -0.4 is 15.5 Å². The molecule has 2 heterocycles. The summed E-state index contributed by atoms with van der Waals surface area (Å²) in [6.45, 7) is 3.51. The van der Waals surface area contributed by atoms with Crippen LogP contribution in [0, 0.1) is 12.7 Å². The van der Waals surface area contributed by atoms with Gasteiger partial charge in [0.25, 0.3) is 0 Å². The number of aliphatic hydroxyl groups excluding tert-OH is 1. The van der Waals surface area contributed by atoms with E-state index >= 15 is 0 Å². The number of carbonyl (C=O) groups excluding carboxylic acids is 1. The normalized spacial score (nSPS) is 19.5. The van der Waals surface area contributed by atoms with Crippen LogP contribution in [-0.2, 0) is 11.2 Å². The van der Waals surface area contributed by atoms with Crippen LogP contribution in [0.2, 0.25) is 0 Å². The van der Waals surface area contributed by atoms with Crippen LogP contribution in [0.15, 0.2) is 36.4 Å². The van der Waals surface area contributed by atoms with Gasteiger partial charge < -0.3 is 20.6 Å². The van der Waals surface area contributed by atoms with Gasteiger partial charge in [-0.3, -0.25) is 4.79 Å². The Hall–Kier alpha value is -2.60. The third-order valence-corrected chi connectivity index (χ3v) is 5.45.